The van der Waals surface area contributed by atoms with Crippen LogP contribution in [0.3, 0.4) is 0 Å². The highest BCUT2D eigenvalue weighted by atomic mass is 79.9. The molecule has 7 nitrogen and oxygen atoms in total. The Bertz CT molecular complexity index is 678. The van der Waals surface area contributed by atoms with Gasteiger partial charge in [-0.3, -0.25) is 10.1 Å². The quantitative estimate of drug-likeness (QED) is 0.631. The van der Waals surface area contributed by atoms with Gasteiger partial charge in [-0.05, 0) is 40.2 Å². The van der Waals surface area contributed by atoms with Crippen molar-refractivity contribution in [3.05, 3.63) is 44.9 Å². The summed E-state index contributed by atoms with van der Waals surface area (Å²) in [5.74, 6) is 1.38. The number of halogens is 1. The first-order valence-electron chi connectivity index (χ1n) is 5.99. The monoisotopic (exact) mass is 352 g/mol. The minimum absolute atomic E-state index is 0.0964. The number of methoxy groups -OCH3 is 1. The van der Waals surface area contributed by atoms with Crippen LogP contribution in [0.15, 0.2) is 34.8 Å². The van der Waals surface area contributed by atoms with E-state index < -0.39 is 4.92 Å². The average molecular weight is 353 g/mol. The smallest absolute Gasteiger partial charge is 0.311 e. The van der Waals surface area contributed by atoms with Crippen LogP contribution in [0.4, 0.5) is 23.0 Å². The normalized spacial score (nSPS) is 10.0. The summed E-state index contributed by atoms with van der Waals surface area (Å²) in [6, 6.07) is 8.21. The summed E-state index contributed by atoms with van der Waals surface area (Å²) in [5, 5.41) is 16.8. The lowest BCUT2D eigenvalue weighted by Gasteiger charge is -2.10. The number of anilines is 3. The van der Waals surface area contributed by atoms with Crippen molar-refractivity contribution >= 4 is 38.9 Å². The van der Waals surface area contributed by atoms with Gasteiger partial charge < -0.3 is 15.4 Å². The van der Waals surface area contributed by atoms with Gasteiger partial charge in [-0.1, -0.05) is 0 Å². The number of nitrogens with one attached hydrogen (secondary N) is 2. The molecule has 2 N–H and O–H groups in total. The number of pyridine rings is 1. The number of hydrogen-bond donors (Lipinski definition) is 2. The highest BCUT2D eigenvalue weighted by molar-refractivity contribution is 9.10. The van der Waals surface area contributed by atoms with Crippen LogP contribution in [-0.2, 0) is 0 Å². The predicted octanol–water partition coefficient (Wildman–Crippen LogP) is 3.55. The fourth-order valence-corrected chi connectivity index (χ4v) is 2.25. The minimum atomic E-state index is -0.479. The van der Waals surface area contributed by atoms with Crippen molar-refractivity contribution in [3.63, 3.8) is 0 Å². The van der Waals surface area contributed by atoms with E-state index in [1.54, 1.807) is 38.4 Å². The SMILES string of the molecule is CNc1ccc([N+](=O)[O-])c(Nc2ccc(OC)c(Br)c2)n1. The van der Waals surface area contributed by atoms with Gasteiger partial charge >= 0.3 is 5.69 Å². The van der Waals surface area contributed by atoms with E-state index >= 15 is 0 Å². The Labute approximate surface area is 129 Å². The predicted molar refractivity (Wildman–Crippen MR) is 84.4 cm³/mol. The van der Waals surface area contributed by atoms with Gasteiger partial charge in [0.25, 0.3) is 0 Å². The van der Waals surface area contributed by atoms with Crippen LogP contribution in [0.2, 0.25) is 0 Å². The van der Waals surface area contributed by atoms with E-state index in [0.29, 0.717) is 17.3 Å². The van der Waals surface area contributed by atoms with Crippen LogP contribution in [0.25, 0.3) is 0 Å². The Kier molecular flexibility index (Phi) is 4.59. The van der Waals surface area contributed by atoms with Crippen LogP contribution in [0, 0.1) is 10.1 Å². The molecule has 0 amide bonds. The van der Waals surface area contributed by atoms with E-state index in [1.807, 2.05) is 0 Å². The number of benzene rings is 1. The zero-order valence-electron chi connectivity index (χ0n) is 11.4. The zero-order valence-corrected chi connectivity index (χ0v) is 13.0. The van der Waals surface area contributed by atoms with E-state index in [9.17, 15) is 10.1 Å². The molecule has 0 saturated heterocycles. The molecule has 0 aliphatic rings. The third kappa shape index (κ3) is 3.40. The molecule has 0 bridgehead atoms. The summed E-state index contributed by atoms with van der Waals surface area (Å²) in [6.07, 6.45) is 0. The molecule has 0 aliphatic heterocycles. The molecule has 8 heteroatoms. The molecule has 2 rings (SSSR count). The standard InChI is InChI=1S/C13H13BrN4O3/c1-15-12-6-4-10(18(19)20)13(17-12)16-8-3-5-11(21-2)9(14)7-8/h3-7H,1-2H3,(H2,15,16,17). The molecule has 1 aromatic heterocycles. The van der Waals surface area contributed by atoms with E-state index in [0.717, 1.165) is 4.47 Å². The second-order valence-electron chi connectivity index (χ2n) is 4.05. The van der Waals surface area contributed by atoms with Crippen molar-refractivity contribution in [2.24, 2.45) is 0 Å². The summed E-state index contributed by atoms with van der Waals surface area (Å²) in [7, 11) is 3.26. The number of nitro groups is 1. The third-order valence-electron chi connectivity index (χ3n) is 2.74. The Morgan fingerprint density at radius 2 is 2.10 bits per heavy atom. The molecular formula is C13H13BrN4O3. The second kappa shape index (κ2) is 6.40. The van der Waals surface area contributed by atoms with Gasteiger partial charge in [-0.2, -0.15) is 0 Å². The van der Waals surface area contributed by atoms with Crippen molar-refractivity contribution in [3.8, 4) is 5.75 Å². The van der Waals surface area contributed by atoms with Gasteiger partial charge in [0.2, 0.25) is 5.82 Å². The van der Waals surface area contributed by atoms with Crippen LogP contribution >= 0.6 is 15.9 Å². The molecular weight excluding hydrogens is 340 g/mol. The fraction of sp³-hybridized carbons (Fsp3) is 0.154. The first-order valence-corrected chi connectivity index (χ1v) is 6.78. The van der Waals surface area contributed by atoms with Crippen LogP contribution in [-0.4, -0.2) is 24.1 Å². The van der Waals surface area contributed by atoms with Crippen molar-refractivity contribution < 1.29 is 9.66 Å². The molecule has 0 atom stereocenters. The largest absolute Gasteiger partial charge is 0.496 e. The van der Waals surface area contributed by atoms with Crippen LogP contribution < -0.4 is 15.4 Å². The lowest BCUT2D eigenvalue weighted by molar-refractivity contribution is -0.384. The molecule has 1 aromatic carbocycles. The van der Waals surface area contributed by atoms with Crippen LogP contribution in [0.5, 0.6) is 5.75 Å². The van der Waals surface area contributed by atoms with E-state index in [-0.39, 0.29) is 11.5 Å². The molecule has 0 fully saturated rings. The first kappa shape index (κ1) is 15.0. The van der Waals surface area contributed by atoms with Crippen LogP contribution in [0.1, 0.15) is 0 Å². The topological polar surface area (TPSA) is 89.3 Å². The summed E-state index contributed by atoms with van der Waals surface area (Å²) in [5.41, 5.74) is 0.562. The average Bonchev–Trinajstić information content (AvgIpc) is 2.47. The Morgan fingerprint density at radius 3 is 2.67 bits per heavy atom. The van der Waals surface area contributed by atoms with Crippen molar-refractivity contribution in [2.45, 2.75) is 0 Å². The van der Waals surface area contributed by atoms with E-state index in [1.165, 1.54) is 6.07 Å². The van der Waals surface area contributed by atoms with Gasteiger partial charge in [-0.15, -0.1) is 0 Å². The fourth-order valence-electron chi connectivity index (χ4n) is 1.71. The van der Waals surface area contributed by atoms with Gasteiger partial charge in [0, 0.05) is 18.8 Å². The highest BCUT2D eigenvalue weighted by Crippen LogP contribution is 2.31. The number of rotatable bonds is 5. The Balaban J connectivity index is 2.37. The molecule has 21 heavy (non-hydrogen) atoms. The number of hydrogen-bond acceptors (Lipinski definition) is 6. The van der Waals surface area contributed by atoms with Gasteiger partial charge in [-0.25, -0.2) is 4.98 Å². The molecule has 0 saturated carbocycles. The third-order valence-corrected chi connectivity index (χ3v) is 3.36. The Morgan fingerprint density at radius 1 is 1.33 bits per heavy atom. The number of ether oxygens (including phenoxy) is 1. The summed E-state index contributed by atoms with van der Waals surface area (Å²) >= 11 is 3.36. The van der Waals surface area contributed by atoms with Gasteiger partial charge in [0.15, 0.2) is 0 Å². The first-order chi connectivity index (χ1) is 10.0. The summed E-state index contributed by atoms with van der Waals surface area (Å²) in [4.78, 5) is 14.7. The summed E-state index contributed by atoms with van der Waals surface area (Å²) < 4.78 is 5.88. The second-order valence-corrected chi connectivity index (χ2v) is 4.90. The highest BCUT2D eigenvalue weighted by Gasteiger charge is 2.16. The zero-order chi connectivity index (χ0) is 15.4. The summed E-state index contributed by atoms with van der Waals surface area (Å²) in [6.45, 7) is 0. The van der Waals surface area contributed by atoms with Gasteiger partial charge in [0.1, 0.15) is 11.6 Å². The molecule has 0 aliphatic carbocycles. The van der Waals surface area contributed by atoms with Crippen molar-refractivity contribution in [1.29, 1.82) is 0 Å². The molecule has 0 radical (unpaired) electrons. The molecule has 1 heterocycles. The number of aromatic nitrogens is 1. The van der Waals surface area contributed by atoms with E-state index in [2.05, 4.69) is 31.5 Å². The maximum Gasteiger partial charge on any atom is 0.311 e. The minimum Gasteiger partial charge on any atom is -0.496 e. The molecule has 2 aromatic rings. The maximum absolute atomic E-state index is 11.1. The Hall–Kier alpha value is -2.35. The number of nitrogens with zero attached hydrogens (tertiary/aromatic N) is 2. The molecule has 110 valence electrons. The lowest BCUT2D eigenvalue weighted by Crippen LogP contribution is -2.02. The maximum atomic E-state index is 11.1. The van der Waals surface area contributed by atoms with Crippen molar-refractivity contribution in [1.82, 2.24) is 4.98 Å². The van der Waals surface area contributed by atoms with E-state index in [4.69, 9.17) is 4.74 Å². The van der Waals surface area contributed by atoms with Gasteiger partial charge in [0.05, 0.1) is 16.5 Å². The molecule has 0 spiro atoms. The molecule has 0 unspecified atom stereocenters. The lowest BCUT2D eigenvalue weighted by atomic mass is 10.3. The van der Waals surface area contributed by atoms with Crippen molar-refractivity contribution in [2.75, 3.05) is 24.8 Å².